The highest BCUT2D eigenvalue weighted by atomic mass is 16.5. The molecule has 1 aromatic rings. The number of rotatable bonds is 4. The van der Waals surface area contributed by atoms with Crippen LogP contribution >= 0.6 is 0 Å². The number of aromatic nitrogens is 1. The molecule has 2 heterocycles. The van der Waals surface area contributed by atoms with Gasteiger partial charge in [-0.25, -0.2) is 4.98 Å². The highest BCUT2D eigenvalue weighted by Crippen LogP contribution is 2.17. The maximum Gasteiger partial charge on any atom is 0.159 e. The van der Waals surface area contributed by atoms with Crippen LogP contribution in [0.1, 0.15) is 30.1 Å². The van der Waals surface area contributed by atoms with E-state index in [-0.39, 0.29) is 5.78 Å². The number of ether oxygens (including phenoxy) is 1. The Labute approximate surface area is 102 Å². The molecule has 1 unspecified atom stereocenters. The van der Waals surface area contributed by atoms with Crippen molar-refractivity contribution in [3.05, 3.63) is 23.9 Å². The predicted octanol–water partition coefficient (Wildman–Crippen LogP) is 1.90. The summed E-state index contributed by atoms with van der Waals surface area (Å²) >= 11 is 0. The van der Waals surface area contributed by atoms with Gasteiger partial charge >= 0.3 is 0 Å². The number of anilines is 1. The number of Topliss-reactive ketones (excluding diaryl/α,β-unsaturated/α-hetero) is 1. The number of carbonyl (C=O) groups excluding carboxylic acids is 1. The molecular formula is C13H18N2O2. The number of carbonyl (C=O) groups is 1. The van der Waals surface area contributed by atoms with Crippen LogP contribution in [-0.4, -0.2) is 37.1 Å². The van der Waals surface area contributed by atoms with Gasteiger partial charge in [0.1, 0.15) is 5.82 Å². The van der Waals surface area contributed by atoms with Crippen molar-refractivity contribution in [2.75, 3.05) is 25.1 Å². The molecule has 2 rings (SSSR count). The lowest BCUT2D eigenvalue weighted by atomic mass is 10.2. The summed E-state index contributed by atoms with van der Waals surface area (Å²) in [7, 11) is 1.98. The lowest BCUT2D eigenvalue weighted by Gasteiger charge is -2.21. The molecule has 0 spiro atoms. The Morgan fingerprint density at radius 2 is 2.47 bits per heavy atom. The van der Waals surface area contributed by atoms with Crippen molar-refractivity contribution in [2.24, 2.45) is 0 Å². The molecule has 1 aliphatic heterocycles. The number of pyridine rings is 1. The molecule has 92 valence electrons. The SMILES string of the molecule is CC(=O)c1ccnc(N(C)CC2CCCO2)c1. The first-order valence-corrected chi connectivity index (χ1v) is 5.96. The topological polar surface area (TPSA) is 42.4 Å². The molecule has 1 saturated heterocycles. The molecular weight excluding hydrogens is 216 g/mol. The van der Waals surface area contributed by atoms with Gasteiger partial charge in [-0.15, -0.1) is 0 Å². The fraction of sp³-hybridized carbons (Fsp3) is 0.538. The van der Waals surface area contributed by atoms with Crippen LogP contribution in [0.3, 0.4) is 0 Å². The van der Waals surface area contributed by atoms with Crippen LogP contribution < -0.4 is 4.90 Å². The van der Waals surface area contributed by atoms with E-state index in [0.29, 0.717) is 11.7 Å². The van der Waals surface area contributed by atoms with E-state index >= 15 is 0 Å². The molecule has 4 nitrogen and oxygen atoms in total. The summed E-state index contributed by atoms with van der Waals surface area (Å²) in [5.74, 6) is 0.896. The van der Waals surface area contributed by atoms with Crippen LogP contribution in [0.15, 0.2) is 18.3 Å². The van der Waals surface area contributed by atoms with E-state index in [9.17, 15) is 4.79 Å². The summed E-state index contributed by atoms with van der Waals surface area (Å²) in [6, 6.07) is 3.57. The molecule has 4 heteroatoms. The standard InChI is InChI=1S/C13H18N2O2/c1-10(16)11-5-6-14-13(8-11)15(2)9-12-4-3-7-17-12/h5-6,8,12H,3-4,7,9H2,1-2H3. The van der Waals surface area contributed by atoms with Crippen molar-refractivity contribution < 1.29 is 9.53 Å². The van der Waals surface area contributed by atoms with Crippen LogP contribution in [0.4, 0.5) is 5.82 Å². The Bertz CT molecular complexity index is 400. The van der Waals surface area contributed by atoms with Gasteiger partial charge in [0, 0.05) is 32.0 Å². The summed E-state index contributed by atoms with van der Waals surface area (Å²) in [6.45, 7) is 3.26. The number of likely N-dealkylation sites (N-methyl/N-ethyl adjacent to an activating group) is 1. The van der Waals surface area contributed by atoms with E-state index in [1.54, 1.807) is 19.2 Å². The second-order valence-electron chi connectivity index (χ2n) is 4.47. The predicted molar refractivity (Wildman–Crippen MR) is 66.5 cm³/mol. The first kappa shape index (κ1) is 12.0. The van der Waals surface area contributed by atoms with Gasteiger partial charge in [-0.1, -0.05) is 0 Å². The first-order chi connectivity index (χ1) is 8.16. The van der Waals surface area contributed by atoms with Crippen molar-refractivity contribution in [2.45, 2.75) is 25.9 Å². The van der Waals surface area contributed by atoms with Gasteiger partial charge < -0.3 is 9.64 Å². The maximum absolute atomic E-state index is 11.3. The van der Waals surface area contributed by atoms with Crippen LogP contribution in [0.5, 0.6) is 0 Å². The zero-order valence-electron chi connectivity index (χ0n) is 10.3. The summed E-state index contributed by atoms with van der Waals surface area (Å²) in [5.41, 5.74) is 0.703. The number of ketones is 1. The van der Waals surface area contributed by atoms with Crippen molar-refractivity contribution in [1.82, 2.24) is 4.98 Å². The molecule has 1 aliphatic rings. The van der Waals surface area contributed by atoms with E-state index in [2.05, 4.69) is 4.98 Å². The minimum atomic E-state index is 0.0687. The van der Waals surface area contributed by atoms with Crippen molar-refractivity contribution in [1.29, 1.82) is 0 Å². The van der Waals surface area contributed by atoms with Crippen LogP contribution in [-0.2, 0) is 4.74 Å². The fourth-order valence-corrected chi connectivity index (χ4v) is 2.03. The van der Waals surface area contributed by atoms with Crippen molar-refractivity contribution in [3.8, 4) is 0 Å². The third-order valence-corrected chi connectivity index (χ3v) is 3.04. The Kier molecular flexibility index (Phi) is 3.74. The third-order valence-electron chi connectivity index (χ3n) is 3.04. The number of hydrogen-bond acceptors (Lipinski definition) is 4. The Morgan fingerprint density at radius 3 is 3.12 bits per heavy atom. The lowest BCUT2D eigenvalue weighted by Crippen LogP contribution is -2.29. The van der Waals surface area contributed by atoms with Gasteiger partial charge in [0.05, 0.1) is 6.10 Å². The van der Waals surface area contributed by atoms with Crippen LogP contribution in [0, 0.1) is 0 Å². The average molecular weight is 234 g/mol. The molecule has 0 radical (unpaired) electrons. The van der Waals surface area contributed by atoms with E-state index in [0.717, 1.165) is 31.8 Å². The van der Waals surface area contributed by atoms with Crippen molar-refractivity contribution >= 4 is 11.6 Å². The highest BCUT2D eigenvalue weighted by molar-refractivity contribution is 5.94. The molecule has 1 aromatic heterocycles. The molecule has 17 heavy (non-hydrogen) atoms. The van der Waals surface area contributed by atoms with E-state index in [1.807, 2.05) is 18.0 Å². The normalized spacial score (nSPS) is 19.3. The third kappa shape index (κ3) is 3.03. The Morgan fingerprint density at radius 1 is 1.65 bits per heavy atom. The van der Waals surface area contributed by atoms with Gasteiger partial charge in [-0.3, -0.25) is 4.79 Å². The summed E-state index contributed by atoms with van der Waals surface area (Å²) in [6.07, 6.45) is 4.22. The molecule has 0 aliphatic carbocycles. The molecule has 1 fully saturated rings. The number of hydrogen-bond donors (Lipinski definition) is 0. The maximum atomic E-state index is 11.3. The van der Waals surface area contributed by atoms with Crippen LogP contribution in [0.2, 0.25) is 0 Å². The van der Waals surface area contributed by atoms with Gasteiger partial charge in [0.25, 0.3) is 0 Å². The average Bonchev–Trinajstić information content (AvgIpc) is 2.82. The van der Waals surface area contributed by atoms with Crippen molar-refractivity contribution in [3.63, 3.8) is 0 Å². The highest BCUT2D eigenvalue weighted by Gasteiger charge is 2.18. The van der Waals surface area contributed by atoms with E-state index < -0.39 is 0 Å². The molecule has 0 bridgehead atoms. The second kappa shape index (κ2) is 5.27. The van der Waals surface area contributed by atoms with Crippen LogP contribution in [0.25, 0.3) is 0 Å². The first-order valence-electron chi connectivity index (χ1n) is 5.96. The Balaban J connectivity index is 2.04. The summed E-state index contributed by atoms with van der Waals surface area (Å²) in [5, 5.41) is 0. The van der Waals surface area contributed by atoms with E-state index in [1.165, 1.54) is 0 Å². The Hall–Kier alpha value is -1.42. The molecule has 0 N–H and O–H groups in total. The fourth-order valence-electron chi connectivity index (χ4n) is 2.03. The number of nitrogens with zero attached hydrogens (tertiary/aromatic N) is 2. The van der Waals surface area contributed by atoms with Gasteiger partial charge in [0.15, 0.2) is 5.78 Å². The molecule has 1 atom stereocenters. The largest absolute Gasteiger partial charge is 0.376 e. The monoisotopic (exact) mass is 234 g/mol. The minimum absolute atomic E-state index is 0.0687. The molecule has 0 aromatic carbocycles. The van der Waals surface area contributed by atoms with Gasteiger partial charge in [-0.2, -0.15) is 0 Å². The van der Waals surface area contributed by atoms with Gasteiger partial charge in [-0.05, 0) is 31.9 Å². The minimum Gasteiger partial charge on any atom is -0.376 e. The smallest absolute Gasteiger partial charge is 0.159 e. The quantitative estimate of drug-likeness (QED) is 0.746. The zero-order valence-corrected chi connectivity index (χ0v) is 10.3. The summed E-state index contributed by atoms with van der Waals surface area (Å²) in [4.78, 5) is 17.6. The zero-order chi connectivity index (χ0) is 12.3. The molecule has 0 amide bonds. The van der Waals surface area contributed by atoms with Gasteiger partial charge in [0.2, 0.25) is 0 Å². The lowest BCUT2D eigenvalue weighted by molar-refractivity contribution is 0.101. The summed E-state index contributed by atoms with van der Waals surface area (Å²) < 4.78 is 5.59. The second-order valence-corrected chi connectivity index (χ2v) is 4.47. The molecule has 0 saturated carbocycles. The van der Waals surface area contributed by atoms with E-state index in [4.69, 9.17) is 4.74 Å².